The lowest BCUT2D eigenvalue weighted by molar-refractivity contribution is 0.0684. The molecule has 3 nitrogen and oxygen atoms in total. The summed E-state index contributed by atoms with van der Waals surface area (Å²) in [5.74, 6) is 0.308. The zero-order valence-electron chi connectivity index (χ0n) is 6.96. The van der Waals surface area contributed by atoms with Crippen LogP contribution in [0.1, 0.15) is 20.3 Å². The molecule has 0 aliphatic carbocycles. The summed E-state index contributed by atoms with van der Waals surface area (Å²) in [6, 6.07) is 1.90. The average molecular weight is 154 g/mol. The van der Waals surface area contributed by atoms with Crippen LogP contribution in [0.2, 0.25) is 0 Å². The van der Waals surface area contributed by atoms with E-state index in [1.54, 1.807) is 0 Å². The first-order chi connectivity index (χ1) is 5.10. The number of nitrogens with zero attached hydrogens (tertiary/aromatic N) is 1. The summed E-state index contributed by atoms with van der Waals surface area (Å²) >= 11 is 0. The van der Waals surface area contributed by atoms with Gasteiger partial charge >= 0.3 is 0 Å². The minimum atomic E-state index is -1.13. The molecule has 0 saturated carbocycles. The fourth-order valence-corrected chi connectivity index (χ4v) is 1.66. The van der Waals surface area contributed by atoms with E-state index in [2.05, 4.69) is 5.32 Å². The summed E-state index contributed by atoms with van der Waals surface area (Å²) in [5.41, 5.74) is -1.13. The molecule has 0 bridgehead atoms. The van der Waals surface area contributed by atoms with Crippen LogP contribution in [0, 0.1) is 17.2 Å². The third kappa shape index (κ3) is 1.37. The molecule has 2 unspecified atom stereocenters. The topological polar surface area (TPSA) is 56.0 Å². The lowest BCUT2D eigenvalue weighted by Crippen LogP contribution is -2.45. The molecule has 0 aromatic rings. The maximum absolute atomic E-state index is 9.71. The second-order valence-corrected chi connectivity index (χ2v) is 3.46. The highest BCUT2D eigenvalue weighted by molar-refractivity contribution is 5.12. The van der Waals surface area contributed by atoms with E-state index in [9.17, 15) is 5.11 Å². The molecule has 3 heteroatoms. The summed E-state index contributed by atoms with van der Waals surface area (Å²) in [4.78, 5) is 0. The molecule has 1 fully saturated rings. The van der Waals surface area contributed by atoms with Gasteiger partial charge in [-0.05, 0) is 12.5 Å². The first kappa shape index (κ1) is 8.51. The van der Waals surface area contributed by atoms with Gasteiger partial charge in [-0.3, -0.25) is 0 Å². The van der Waals surface area contributed by atoms with E-state index in [4.69, 9.17) is 5.26 Å². The minimum absolute atomic E-state index is 0.0625. The predicted molar refractivity (Wildman–Crippen MR) is 41.8 cm³/mol. The van der Waals surface area contributed by atoms with Crippen LogP contribution in [-0.4, -0.2) is 23.3 Å². The van der Waals surface area contributed by atoms with Gasteiger partial charge in [-0.1, -0.05) is 13.8 Å². The number of nitriles is 1. The molecule has 1 aliphatic rings. The Morgan fingerprint density at radius 1 is 1.73 bits per heavy atom. The minimum Gasteiger partial charge on any atom is -0.374 e. The Morgan fingerprint density at radius 2 is 2.36 bits per heavy atom. The van der Waals surface area contributed by atoms with Crippen molar-refractivity contribution in [3.63, 3.8) is 0 Å². The van der Waals surface area contributed by atoms with E-state index in [-0.39, 0.29) is 6.04 Å². The Bertz CT molecular complexity index is 185. The smallest absolute Gasteiger partial charge is 0.167 e. The van der Waals surface area contributed by atoms with Gasteiger partial charge in [-0.25, -0.2) is 0 Å². The largest absolute Gasteiger partial charge is 0.374 e. The van der Waals surface area contributed by atoms with Crippen LogP contribution in [0.5, 0.6) is 0 Å². The zero-order valence-corrected chi connectivity index (χ0v) is 6.96. The molecule has 2 N–H and O–H groups in total. The normalized spacial score (nSPS) is 37.5. The van der Waals surface area contributed by atoms with Gasteiger partial charge in [-0.2, -0.15) is 5.26 Å². The van der Waals surface area contributed by atoms with Gasteiger partial charge in [0, 0.05) is 6.42 Å². The maximum Gasteiger partial charge on any atom is 0.167 e. The van der Waals surface area contributed by atoms with Crippen molar-refractivity contribution in [2.24, 2.45) is 5.92 Å². The van der Waals surface area contributed by atoms with Crippen molar-refractivity contribution in [1.82, 2.24) is 5.32 Å². The zero-order chi connectivity index (χ0) is 8.48. The molecule has 1 rings (SSSR count). The van der Waals surface area contributed by atoms with Crippen LogP contribution in [-0.2, 0) is 0 Å². The van der Waals surface area contributed by atoms with Gasteiger partial charge in [0.1, 0.15) is 0 Å². The van der Waals surface area contributed by atoms with Crippen molar-refractivity contribution in [1.29, 1.82) is 5.26 Å². The van der Waals surface area contributed by atoms with E-state index in [0.717, 1.165) is 6.54 Å². The molecule has 0 aromatic heterocycles. The number of hydrogen-bond donors (Lipinski definition) is 2. The molecule has 1 saturated heterocycles. The van der Waals surface area contributed by atoms with Crippen molar-refractivity contribution in [2.75, 3.05) is 6.54 Å². The predicted octanol–water partition coefficient (Wildman–Crippen LogP) is 0.259. The lowest BCUT2D eigenvalue weighted by Gasteiger charge is -2.25. The summed E-state index contributed by atoms with van der Waals surface area (Å²) < 4.78 is 0. The Morgan fingerprint density at radius 3 is 2.73 bits per heavy atom. The number of nitrogens with one attached hydrogen (secondary N) is 1. The summed E-state index contributed by atoms with van der Waals surface area (Å²) in [6.07, 6.45) is 0.548. The second kappa shape index (κ2) is 2.80. The molecule has 0 amide bonds. The number of hydrogen-bond acceptors (Lipinski definition) is 3. The van der Waals surface area contributed by atoms with Crippen LogP contribution in [0.3, 0.4) is 0 Å². The Kier molecular flexibility index (Phi) is 2.17. The fourth-order valence-electron chi connectivity index (χ4n) is 1.66. The molecular formula is C8H14N2O. The van der Waals surface area contributed by atoms with Crippen molar-refractivity contribution in [3.05, 3.63) is 0 Å². The van der Waals surface area contributed by atoms with Gasteiger partial charge in [0.25, 0.3) is 0 Å². The molecule has 0 aromatic carbocycles. The quantitative estimate of drug-likeness (QED) is 0.533. The monoisotopic (exact) mass is 154 g/mol. The van der Waals surface area contributed by atoms with Crippen molar-refractivity contribution < 1.29 is 5.11 Å². The third-order valence-electron chi connectivity index (χ3n) is 2.25. The van der Waals surface area contributed by atoms with Gasteiger partial charge in [-0.15, -0.1) is 0 Å². The molecule has 62 valence electrons. The van der Waals surface area contributed by atoms with Crippen LogP contribution >= 0.6 is 0 Å². The first-order valence-electron chi connectivity index (χ1n) is 3.97. The van der Waals surface area contributed by atoms with Gasteiger partial charge < -0.3 is 10.4 Å². The molecule has 2 atom stereocenters. The lowest BCUT2D eigenvalue weighted by atomic mass is 9.89. The Hall–Kier alpha value is -0.590. The number of aliphatic hydroxyl groups is 1. The Labute approximate surface area is 67.0 Å². The SMILES string of the molecule is CC(C)C1NCCC1(O)C#N. The average Bonchev–Trinajstić information content (AvgIpc) is 2.32. The molecular weight excluding hydrogens is 140 g/mol. The second-order valence-electron chi connectivity index (χ2n) is 3.46. The maximum atomic E-state index is 9.71. The molecule has 11 heavy (non-hydrogen) atoms. The molecule has 1 heterocycles. The van der Waals surface area contributed by atoms with E-state index >= 15 is 0 Å². The summed E-state index contributed by atoms with van der Waals surface area (Å²) in [5, 5.41) is 21.5. The van der Waals surface area contributed by atoms with Crippen molar-refractivity contribution in [2.45, 2.75) is 31.9 Å². The third-order valence-corrected chi connectivity index (χ3v) is 2.25. The van der Waals surface area contributed by atoms with Gasteiger partial charge in [0.05, 0.1) is 12.1 Å². The molecule has 0 spiro atoms. The van der Waals surface area contributed by atoms with Gasteiger partial charge in [0.2, 0.25) is 0 Å². The standard InChI is InChI=1S/C8H14N2O/c1-6(2)7-8(11,5-9)3-4-10-7/h6-7,10-11H,3-4H2,1-2H3. The highest BCUT2D eigenvalue weighted by atomic mass is 16.3. The van der Waals surface area contributed by atoms with Crippen LogP contribution in [0.15, 0.2) is 0 Å². The number of rotatable bonds is 1. The van der Waals surface area contributed by atoms with Crippen molar-refractivity contribution in [3.8, 4) is 6.07 Å². The molecule has 1 aliphatic heterocycles. The summed E-state index contributed by atoms with van der Waals surface area (Å²) in [6.45, 7) is 4.75. The van der Waals surface area contributed by atoms with E-state index in [1.807, 2.05) is 19.9 Å². The van der Waals surface area contributed by atoms with Crippen LogP contribution < -0.4 is 5.32 Å². The van der Waals surface area contributed by atoms with Crippen molar-refractivity contribution >= 4 is 0 Å². The highest BCUT2D eigenvalue weighted by Gasteiger charge is 2.42. The van der Waals surface area contributed by atoms with E-state index in [1.165, 1.54) is 0 Å². The Balaban J connectivity index is 2.74. The fraction of sp³-hybridized carbons (Fsp3) is 0.875. The summed E-state index contributed by atoms with van der Waals surface area (Å²) in [7, 11) is 0. The van der Waals surface area contributed by atoms with Crippen LogP contribution in [0.25, 0.3) is 0 Å². The van der Waals surface area contributed by atoms with Gasteiger partial charge in [0.15, 0.2) is 5.60 Å². The first-order valence-corrected chi connectivity index (χ1v) is 3.97. The molecule has 0 radical (unpaired) electrons. The van der Waals surface area contributed by atoms with Crippen LogP contribution in [0.4, 0.5) is 0 Å². The van der Waals surface area contributed by atoms with E-state index in [0.29, 0.717) is 12.3 Å². The van der Waals surface area contributed by atoms with E-state index < -0.39 is 5.60 Å². The highest BCUT2D eigenvalue weighted by Crippen LogP contribution is 2.25.